The van der Waals surface area contributed by atoms with Crippen molar-refractivity contribution >= 4 is 17.5 Å². The van der Waals surface area contributed by atoms with Crippen LogP contribution in [0, 0.1) is 6.92 Å². The van der Waals surface area contributed by atoms with Crippen LogP contribution in [0.1, 0.15) is 26.5 Å². The molecule has 0 radical (unpaired) electrons. The fraction of sp³-hybridized carbons (Fsp3) is 0.250. The molecule has 1 saturated heterocycles. The van der Waals surface area contributed by atoms with Crippen LogP contribution in [0.5, 0.6) is 0 Å². The molecule has 1 fully saturated rings. The van der Waals surface area contributed by atoms with Gasteiger partial charge in [0.2, 0.25) is 0 Å². The predicted octanol–water partition coefficient (Wildman–Crippen LogP) is 1.66. The first-order valence-corrected chi connectivity index (χ1v) is 6.97. The summed E-state index contributed by atoms with van der Waals surface area (Å²) < 4.78 is 5.05. The standard InChI is InChI=1S/C16H16N2O4/c1-10-4-5-11(16(21)18-8-12(19)9-18)7-13(10)17-15(20)14-3-2-6-22-14/h2-7,12,19H,8-9H2,1H3,(H,17,20). The molecule has 2 amide bonds. The van der Waals surface area contributed by atoms with Crippen LogP contribution in [-0.4, -0.2) is 41.0 Å². The van der Waals surface area contributed by atoms with Gasteiger partial charge < -0.3 is 19.7 Å². The highest BCUT2D eigenvalue weighted by Crippen LogP contribution is 2.21. The fourth-order valence-corrected chi connectivity index (χ4v) is 2.29. The van der Waals surface area contributed by atoms with Crippen LogP contribution >= 0.6 is 0 Å². The van der Waals surface area contributed by atoms with E-state index in [2.05, 4.69) is 5.32 Å². The van der Waals surface area contributed by atoms with Crippen LogP contribution in [0.3, 0.4) is 0 Å². The number of nitrogens with zero attached hydrogens (tertiary/aromatic N) is 1. The molecule has 1 aliphatic heterocycles. The van der Waals surface area contributed by atoms with Gasteiger partial charge in [-0.25, -0.2) is 0 Å². The third-order valence-corrected chi connectivity index (χ3v) is 3.63. The minimum atomic E-state index is -0.437. The van der Waals surface area contributed by atoms with Crippen LogP contribution in [0.2, 0.25) is 0 Å². The van der Waals surface area contributed by atoms with Gasteiger partial charge in [0.05, 0.1) is 12.4 Å². The molecular weight excluding hydrogens is 284 g/mol. The van der Waals surface area contributed by atoms with Gasteiger partial charge in [0.25, 0.3) is 11.8 Å². The van der Waals surface area contributed by atoms with Crippen molar-refractivity contribution in [2.24, 2.45) is 0 Å². The summed E-state index contributed by atoms with van der Waals surface area (Å²) >= 11 is 0. The van der Waals surface area contributed by atoms with Gasteiger partial charge in [0.1, 0.15) is 0 Å². The maximum absolute atomic E-state index is 12.2. The monoisotopic (exact) mass is 300 g/mol. The molecule has 0 spiro atoms. The van der Waals surface area contributed by atoms with Crippen LogP contribution in [0.25, 0.3) is 0 Å². The average molecular weight is 300 g/mol. The number of anilines is 1. The molecule has 0 saturated carbocycles. The SMILES string of the molecule is Cc1ccc(C(=O)N2CC(O)C2)cc1NC(=O)c1ccco1. The first kappa shape index (κ1) is 14.3. The van der Waals surface area contributed by atoms with E-state index in [1.165, 1.54) is 6.26 Å². The predicted molar refractivity (Wildman–Crippen MR) is 79.8 cm³/mol. The van der Waals surface area contributed by atoms with Gasteiger partial charge in [-0.1, -0.05) is 6.07 Å². The second-order valence-electron chi connectivity index (χ2n) is 5.33. The zero-order chi connectivity index (χ0) is 15.7. The van der Waals surface area contributed by atoms with Crippen molar-refractivity contribution in [3.8, 4) is 0 Å². The number of aryl methyl sites for hydroxylation is 1. The Balaban J connectivity index is 1.78. The minimum absolute atomic E-state index is 0.154. The van der Waals surface area contributed by atoms with E-state index < -0.39 is 6.10 Å². The number of rotatable bonds is 3. The number of aliphatic hydroxyl groups is 1. The van der Waals surface area contributed by atoms with Crippen LogP contribution in [-0.2, 0) is 0 Å². The number of amides is 2. The topological polar surface area (TPSA) is 82.8 Å². The van der Waals surface area contributed by atoms with Crippen LogP contribution in [0.4, 0.5) is 5.69 Å². The zero-order valence-electron chi connectivity index (χ0n) is 12.1. The number of carbonyl (C=O) groups excluding carboxylic acids is 2. The molecule has 2 N–H and O–H groups in total. The maximum atomic E-state index is 12.2. The number of β-amino-alcohol motifs (C(OH)–C–C–N with tert-alkyl or cyclic N) is 1. The molecule has 0 bridgehead atoms. The van der Waals surface area contributed by atoms with Crippen molar-refractivity contribution in [2.75, 3.05) is 18.4 Å². The zero-order valence-corrected chi connectivity index (χ0v) is 12.1. The quantitative estimate of drug-likeness (QED) is 0.903. The van der Waals surface area contributed by atoms with E-state index in [0.717, 1.165) is 5.56 Å². The summed E-state index contributed by atoms with van der Waals surface area (Å²) in [5, 5.41) is 12.0. The number of hydrogen-bond donors (Lipinski definition) is 2. The fourth-order valence-electron chi connectivity index (χ4n) is 2.29. The van der Waals surface area contributed by atoms with Crippen LogP contribution < -0.4 is 5.32 Å². The Morgan fingerprint density at radius 1 is 1.32 bits per heavy atom. The number of nitrogens with one attached hydrogen (secondary N) is 1. The molecule has 6 heteroatoms. The molecule has 0 atom stereocenters. The number of carbonyl (C=O) groups is 2. The van der Waals surface area contributed by atoms with Crippen molar-refractivity contribution in [1.82, 2.24) is 4.90 Å². The second-order valence-corrected chi connectivity index (χ2v) is 5.33. The van der Waals surface area contributed by atoms with E-state index in [1.807, 2.05) is 6.92 Å². The summed E-state index contributed by atoms with van der Waals surface area (Å²) in [5.74, 6) is -0.308. The van der Waals surface area contributed by atoms with Gasteiger partial charge in [-0.2, -0.15) is 0 Å². The molecule has 2 aromatic rings. The molecule has 6 nitrogen and oxygen atoms in total. The summed E-state index contributed by atoms with van der Waals surface area (Å²) in [7, 11) is 0. The van der Waals surface area contributed by atoms with Crippen molar-refractivity contribution in [2.45, 2.75) is 13.0 Å². The summed E-state index contributed by atoms with van der Waals surface area (Å²) in [6.07, 6.45) is 0.990. The molecule has 2 heterocycles. The lowest BCUT2D eigenvalue weighted by molar-refractivity contribution is 0.00590. The lowest BCUT2D eigenvalue weighted by atomic mass is 10.1. The maximum Gasteiger partial charge on any atom is 0.291 e. The van der Waals surface area contributed by atoms with Crippen molar-refractivity contribution in [1.29, 1.82) is 0 Å². The Labute approximate surface area is 127 Å². The minimum Gasteiger partial charge on any atom is -0.459 e. The number of hydrogen-bond acceptors (Lipinski definition) is 4. The van der Waals surface area contributed by atoms with Crippen molar-refractivity contribution < 1.29 is 19.1 Å². The van der Waals surface area contributed by atoms with E-state index in [0.29, 0.717) is 24.3 Å². The first-order valence-electron chi connectivity index (χ1n) is 6.97. The normalized spacial score (nSPS) is 14.5. The molecule has 1 aliphatic rings. The highest BCUT2D eigenvalue weighted by atomic mass is 16.3. The lowest BCUT2D eigenvalue weighted by Crippen LogP contribution is -2.53. The lowest BCUT2D eigenvalue weighted by Gasteiger charge is -2.36. The molecule has 1 aromatic heterocycles. The smallest absolute Gasteiger partial charge is 0.291 e. The molecule has 114 valence electrons. The van der Waals surface area contributed by atoms with Crippen molar-refractivity contribution in [3.63, 3.8) is 0 Å². The molecular formula is C16H16N2O4. The third-order valence-electron chi connectivity index (χ3n) is 3.63. The van der Waals surface area contributed by atoms with Gasteiger partial charge in [0.15, 0.2) is 5.76 Å². The van der Waals surface area contributed by atoms with Gasteiger partial charge in [-0.05, 0) is 36.8 Å². The summed E-state index contributed by atoms with van der Waals surface area (Å²) in [5.41, 5.74) is 1.89. The number of furan rings is 1. The molecule has 1 aromatic carbocycles. The summed E-state index contributed by atoms with van der Waals surface area (Å²) in [4.78, 5) is 25.8. The van der Waals surface area contributed by atoms with Gasteiger partial charge >= 0.3 is 0 Å². The highest BCUT2D eigenvalue weighted by molar-refractivity contribution is 6.04. The molecule has 0 unspecified atom stereocenters. The Hall–Kier alpha value is -2.60. The Morgan fingerprint density at radius 2 is 2.09 bits per heavy atom. The number of aliphatic hydroxyl groups excluding tert-OH is 1. The van der Waals surface area contributed by atoms with E-state index in [9.17, 15) is 14.7 Å². The van der Waals surface area contributed by atoms with Crippen LogP contribution in [0.15, 0.2) is 41.0 Å². The second kappa shape index (κ2) is 5.65. The number of benzene rings is 1. The first-order chi connectivity index (χ1) is 10.5. The molecule has 3 rings (SSSR count). The Morgan fingerprint density at radius 3 is 2.73 bits per heavy atom. The highest BCUT2D eigenvalue weighted by Gasteiger charge is 2.29. The van der Waals surface area contributed by atoms with E-state index in [-0.39, 0.29) is 17.6 Å². The third kappa shape index (κ3) is 2.73. The van der Waals surface area contributed by atoms with Gasteiger partial charge in [0, 0.05) is 24.3 Å². The van der Waals surface area contributed by atoms with E-state index in [1.54, 1.807) is 35.2 Å². The molecule has 22 heavy (non-hydrogen) atoms. The Bertz CT molecular complexity index is 703. The number of likely N-dealkylation sites (tertiary alicyclic amines) is 1. The van der Waals surface area contributed by atoms with E-state index in [4.69, 9.17) is 4.42 Å². The van der Waals surface area contributed by atoms with E-state index >= 15 is 0 Å². The van der Waals surface area contributed by atoms with Crippen molar-refractivity contribution in [3.05, 3.63) is 53.5 Å². The summed E-state index contributed by atoms with van der Waals surface area (Å²) in [6, 6.07) is 8.34. The van der Waals surface area contributed by atoms with Gasteiger partial charge in [-0.15, -0.1) is 0 Å². The Kier molecular flexibility index (Phi) is 3.68. The van der Waals surface area contributed by atoms with Gasteiger partial charge in [-0.3, -0.25) is 9.59 Å². The largest absolute Gasteiger partial charge is 0.459 e. The summed E-state index contributed by atoms with van der Waals surface area (Å²) in [6.45, 7) is 2.54. The average Bonchev–Trinajstić information content (AvgIpc) is 3.00. The molecule has 0 aliphatic carbocycles.